The van der Waals surface area contributed by atoms with Gasteiger partial charge < -0.3 is 0 Å². The van der Waals surface area contributed by atoms with Gasteiger partial charge in [-0.15, -0.1) is 0 Å². The summed E-state index contributed by atoms with van der Waals surface area (Å²) in [5.74, 6) is 0. The van der Waals surface area contributed by atoms with E-state index in [0.717, 1.165) is 0 Å². The van der Waals surface area contributed by atoms with Crippen molar-refractivity contribution in [1.29, 1.82) is 0 Å². The number of rotatable bonds is 0. The van der Waals surface area contributed by atoms with Gasteiger partial charge in [-0.3, -0.25) is 0 Å². The van der Waals surface area contributed by atoms with Crippen molar-refractivity contribution in [2.45, 2.75) is 0 Å². The fourth-order valence-corrected chi connectivity index (χ4v) is 0. The van der Waals surface area contributed by atoms with Crippen LogP contribution in [-0.4, -0.2) is 52.1 Å². The minimum Gasteiger partial charge on any atom is 0 e. The summed E-state index contributed by atoms with van der Waals surface area (Å²) in [6.07, 6.45) is 0. The average molecular weight is 184 g/mol. The molecule has 0 atom stereocenters. The van der Waals surface area contributed by atoms with Gasteiger partial charge in [-0.2, -0.15) is 0 Å². The molecule has 0 aromatic carbocycles. The maximum atomic E-state index is 0. The minimum atomic E-state index is 0. The Hall–Kier alpha value is 2.22. The minimum absolute atomic E-state index is 0. The molecule has 0 aliphatic carbocycles. The van der Waals surface area contributed by atoms with Gasteiger partial charge in [0.15, 0.2) is 0 Å². The predicted molar refractivity (Wildman–Crippen MR) is 17.3 cm³/mol. The molecule has 0 N–H and O–H groups in total. The van der Waals surface area contributed by atoms with Gasteiger partial charge in [-0.25, -0.2) is 0 Å². The maximum Gasteiger partial charge on any atom is 0 e. The first-order chi connectivity index (χ1) is 0. The third kappa shape index (κ3) is 8.88. The van der Waals surface area contributed by atoms with Gasteiger partial charge in [0.25, 0.3) is 0 Å². The van der Waals surface area contributed by atoms with Crippen LogP contribution in [0.25, 0.3) is 0 Å². The molecule has 0 saturated carbocycles. The second kappa shape index (κ2) is 18.9. The van der Waals surface area contributed by atoms with Crippen molar-refractivity contribution in [1.82, 2.24) is 0 Å². The zero-order valence-corrected chi connectivity index (χ0v) is 7.17. The summed E-state index contributed by atoms with van der Waals surface area (Å²) in [6, 6.07) is 0. The van der Waals surface area contributed by atoms with Crippen molar-refractivity contribution in [2.24, 2.45) is 0 Å². The van der Waals surface area contributed by atoms with Gasteiger partial charge in [0.2, 0.25) is 0 Å². The van der Waals surface area contributed by atoms with Crippen LogP contribution < -0.4 is 0 Å². The van der Waals surface area contributed by atoms with Crippen LogP contribution in [0.1, 0.15) is 0 Å². The van der Waals surface area contributed by atoms with E-state index in [-0.39, 0.29) is 71.6 Å². The van der Waals surface area contributed by atoms with Crippen LogP contribution in [0.15, 0.2) is 0 Å². The third-order valence-electron chi connectivity index (χ3n) is 0. The molecular weight excluding hydrogens is 184 g/mol. The SMILES string of the molecule is [Al].[Al].[Al].[Rh]. The van der Waals surface area contributed by atoms with Crippen molar-refractivity contribution < 1.29 is 19.5 Å². The molecule has 0 aromatic rings. The summed E-state index contributed by atoms with van der Waals surface area (Å²) in [6.45, 7) is 0. The van der Waals surface area contributed by atoms with Gasteiger partial charge in [-0.1, -0.05) is 0 Å². The quantitative estimate of drug-likeness (QED) is 0.417. The van der Waals surface area contributed by atoms with Crippen LogP contribution in [0.4, 0.5) is 0 Å². The van der Waals surface area contributed by atoms with E-state index < -0.39 is 0 Å². The van der Waals surface area contributed by atoms with Crippen LogP contribution in [0, 0.1) is 0 Å². The van der Waals surface area contributed by atoms with Crippen LogP contribution in [0.3, 0.4) is 0 Å². The van der Waals surface area contributed by atoms with Gasteiger partial charge in [-0.05, 0) is 0 Å². The molecule has 0 nitrogen and oxygen atoms in total. The smallest absolute Gasteiger partial charge is 0 e. The Balaban J connectivity index is 0. The fraction of sp³-hybridized carbons (Fsp3) is 0. The van der Waals surface area contributed by atoms with Crippen molar-refractivity contribution in [3.05, 3.63) is 0 Å². The van der Waals surface area contributed by atoms with Crippen LogP contribution >= 0.6 is 0 Å². The summed E-state index contributed by atoms with van der Waals surface area (Å²) >= 11 is 0. The Labute approximate surface area is 70.9 Å². The first-order valence-corrected chi connectivity index (χ1v) is 0. The molecule has 18 valence electrons. The monoisotopic (exact) mass is 184 g/mol. The summed E-state index contributed by atoms with van der Waals surface area (Å²) < 4.78 is 0. The number of hydrogen-bond donors (Lipinski definition) is 0. The van der Waals surface area contributed by atoms with E-state index in [9.17, 15) is 0 Å². The molecule has 10 radical (unpaired) electrons. The molecule has 0 aromatic heterocycles. The predicted octanol–water partition coefficient (Wildman–Crippen LogP) is -1.14. The molecule has 0 aliphatic rings. The summed E-state index contributed by atoms with van der Waals surface area (Å²) in [7, 11) is 0. The molecule has 0 saturated heterocycles. The average Bonchev–Trinajstić information content (AvgIpc) is 0. The van der Waals surface area contributed by atoms with Gasteiger partial charge in [0.05, 0.1) is 0 Å². The topological polar surface area (TPSA) is 0 Å². The molecule has 0 unspecified atom stereocenters. The zero-order valence-electron chi connectivity index (χ0n) is 2.07. The molecule has 4 heteroatoms. The molecule has 0 amide bonds. The van der Waals surface area contributed by atoms with Crippen LogP contribution in [0.2, 0.25) is 0 Å². The van der Waals surface area contributed by atoms with Crippen LogP contribution in [0.5, 0.6) is 0 Å². The molecule has 0 fully saturated rings. The van der Waals surface area contributed by atoms with E-state index in [1.165, 1.54) is 0 Å². The molecule has 0 bridgehead atoms. The Morgan fingerprint density at radius 1 is 0.500 bits per heavy atom. The largest absolute Gasteiger partial charge is 0 e. The van der Waals surface area contributed by atoms with E-state index >= 15 is 0 Å². The Kier molecular flexibility index (Phi) is 162. The van der Waals surface area contributed by atoms with Gasteiger partial charge in [0, 0.05) is 71.6 Å². The van der Waals surface area contributed by atoms with Gasteiger partial charge >= 0.3 is 0 Å². The summed E-state index contributed by atoms with van der Waals surface area (Å²) in [5, 5.41) is 0. The molecule has 4 heavy (non-hydrogen) atoms. The van der Waals surface area contributed by atoms with Crippen molar-refractivity contribution >= 4 is 52.1 Å². The van der Waals surface area contributed by atoms with Crippen LogP contribution in [-0.2, 0) is 19.5 Å². The number of hydrogen-bond acceptors (Lipinski definition) is 0. The second-order valence-corrected chi connectivity index (χ2v) is 0. The Morgan fingerprint density at radius 2 is 0.500 bits per heavy atom. The van der Waals surface area contributed by atoms with E-state index in [2.05, 4.69) is 0 Å². The zero-order chi connectivity index (χ0) is 0. The van der Waals surface area contributed by atoms with E-state index in [1.54, 1.807) is 0 Å². The van der Waals surface area contributed by atoms with E-state index in [4.69, 9.17) is 0 Å². The first kappa shape index (κ1) is 34.4. The Bertz CT molecular complexity index is 3.25. The third-order valence-corrected chi connectivity index (χ3v) is 0. The first-order valence-electron chi connectivity index (χ1n) is 0. The molecule has 0 spiro atoms. The normalized spacial score (nSPS) is 0. The summed E-state index contributed by atoms with van der Waals surface area (Å²) in [5.41, 5.74) is 0. The standard InChI is InChI=1S/3Al.Rh. The fourth-order valence-electron chi connectivity index (χ4n) is 0. The van der Waals surface area contributed by atoms with Crippen molar-refractivity contribution in [3.63, 3.8) is 0 Å². The van der Waals surface area contributed by atoms with Crippen molar-refractivity contribution in [2.75, 3.05) is 0 Å². The second-order valence-electron chi connectivity index (χ2n) is 0. The Morgan fingerprint density at radius 3 is 0.500 bits per heavy atom. The summed E-state index contributed by atoms with van der Waals surface area (Å²) in [4.78, 5) is 0. The van der Waals surface area contributed by atoms with E-state index in [0.29, 0.717) is 0 Å². The molecule has 0 aliphatic heterocycles. The van der Waals surface area contributed by atoms with E-state index in [1.807, 2.05) is 0 Å². The molecule has 0 heterocycles. The molecule has 0 rings (SSSR count). The molecular formula is Al3Rh. The maximum absolute atomic E-state index is 0. The van der Waals surface area contributed by atoms with Gasteiger partial charge in [0.1, 0.15) is 0 Å². The van der Waals surface area contributed by atoms with Crippen molar-refractivity contribution in [3.8, 4) is 0 Å².